The molecule has 156 valence electrons. The zero-order valence-electron chi connectivity index (χ0n) is 16.8. The zero-order valence-corrected chi connectivity index (χ0v) is 18.5. The lowest BCUT2D eigenvalue weighted by atomic mass is 9.78. The molecule has 28 heavy (non-hydrogen) atoms. The van der Waals surface area contributed by atoms with Crippen LogP contribution in [0.3, 0.4) is 0 Å². The summed E-state index contributed by atoms with van der Waals surface area (Å²) in [4.78, 5) is 19.4. The standard InChI is InChI=1S/C20H31N3O3S2/c1-3-22(4-2)28(25,26)17-11-12-19(21-14-17)27-15-20(24)23-13-7-9-16-8-5-6-10-18(16)23/h11-12,14,16,18H,3-10,13,15H2,1-2H3. The molecule has 2 atom stereocenters. The van der Waals surface area contributed by atoms with E-state index >= 15 is 0 Å². The number of thioether (sulfide) groups is 1. The van der Waals surface area contributed by atoms with E-state index in [1.807, 2.05) is 13.8 Å². The highest BCUT2D eigenvalue weighted by atomic mass is 32.2. The van der Waals surface area contributed by atoms with Crippen molar-refractivity contribution in [1.29, 1.82) is 0 Å². The summed E-state index contributed by atoms with van der Waals surface area (Å²) in [6, 6.07) is 3.71. The van der Waals surface area contributed by atoms with Crippen molar-refractivity contribution in [1.82, 2.24) is 14.2 Å². The Morgan fingerprint density at radius 1 is 1.18 bits per heavy atom. The largest absolute Gasteiger partial charge is 0.339 e. The smallest absolute Gasteiger partial charge is 0.244 e. The molecule has 2 heterocycles. The van der Waals surface area contributed by atoms with Crippen LogP contribution >= 0.6 is 11.8 Å². The fourth-order valence-electron chi connectivity index (χ4n) is 4.47. The van der Waals surface area contributed by atoms with Crippen molar-refractivity contribution in [3.05, 3.63) is 18.3 Å². The second-order valence-electron chi connectivity index (χ2n) is 7.55. The van der Waals surface area contributed by atoms with Gasteiger partial charge in [-0.2, -0.15) is 4.31 Å². The Labute approximate surface area is 173 Å². The monoisotopic (exact) mass is 425 g/mol. The summed E-state index contributed by atoms with van der Waals surface area (Å²) < 4.78 is 26.5. The van der Waals surface area contributed by atoms with Crippen LogP contribution in [-0.2, 0) is 14.8 Å². The molecule has 3 rings (SSSR count). The van der Waals surface area contributed by atoms with E-state index in [-0.39, 0.29) is 10.8 Å². The Kier molecular flexibility index (Phi) is 7.39. The third-order valence-electron chi connectivity index (χ3n) is 5.96. The molecule has 2 aliphatic rings. The maximum absolute atomic E-state index is 12.8. The molecule has 1 aliphatic heterocycles. The molecule has 2 fully saturated rings. The number of aromatic nitrogens is 1. The predicted molar refractivity (Wildman–Crippen MR) is 112 cm³/mol. The van der Waals surface area contributed by atoms with Gasteiger partial charge in [-0.05, 0) is 43.7 Å². The molecule has 1 aromatic rings. The number of sulfonamides is 1. The Morgan fingerprint density at radius 2 is 1.89 bits per heavy atom. The molecule has 0 bridgehead atoms. The Morgan fingerprint density at radius 3 is 2.57 bits per heavy atom. The number of amides is 1. The minimum atomic E-state index is -3.49. The van der Waals surface area contributed by atoms with Crippen LogP contribution in [0.25, 0.3) is 0 Å². The molecular weight excluding hydrogens is 394 g/mol. The summed E-state index contributed by atoms with van der Waals surface area (Å²) in [6.45, 7) is 5.38. The van der Waals surface area contributed by atoms with E-state index in [0.29, 0.717) is 35.8 Å². The lowest BCUT2D eigenvalue weighted by Gasteiger charge is -2.44. The van der Waals surface area contributed by atoms with Gasteiger partial charge in [-0.3, -0.25) is 4.79 Å². The number of carbonyl (C=O) groups excluding carboxylic acids is 1. The molecular formula is C20H31N3O3S2. The number of likely N-dealkylation sites (tertiary alicyclic amines) is 1. The van der Waals surface area contributed by atoms with Gasteiger partial charge in [0.15, 0.2) is 0 Å². The zero-order chi connectivity index (χ0) is 20.1. The van der Waals surface area contributed by atoms with Gasteiger partial charge in [-0.1, -0.05) is 38.5 Å². The maximum atomic E-state index is 12.8. The van der Waals surface area contributed by atoms with E-state index in [1.165, 1.54) is 47.9 Å². The van der Waals surface area contributed by atoms with Gasteiger partial charge in [0, 0.05) is 31.9 Å². The molecule has 0 N–H and O–H groups in total. The molecule has 1 saturated heterocycles. The lowest BCUT2D eigenvalue weighted by molar-refractivity contribution is -0.134. The Hall–Kier alpha value is -1.12. The lowest BCUT2D eigenvalue weighted by Crippen LogP contribution is -2.50. The van der Waals surface area contributed by atoms with E-state index in [2.05, 4.69) is 9.88 Å². The van der Waals surface area contributed by atoms with Crippen LogP contribution in [0.4, 0.5) is 0 Å². The van der Waals surface area contributed by atoms with Crippen molar-refractivity contribution < 1.29 is 13.2 Å². The highest BCUT2D eigenvalue weighted by Crippen LogP contribution is 2.35. The fraction of sp³-hybridized carbons (Fsp3) is 0.700. The van der Waals surface area contributed by atoms with Crippen LogP contribution < -0.4 is 0 Å². The van der Waals surface area contributed by atoms with Gasteiger partial charge in [0.2, 0.25) is 15.9 Å². The summed E-state index contributed by atoms with van der Waals surface area (Å²) in [6.07, 6.45) is 8.67. The molecule has 1 saturated carbocycles. The van der Waals surface area contributed by atoms with E-state index < -0.39 is 10.0 Å². The number of carbonyl (C=O) groups is 1. The van der Waals surface area contributed by atoms with Gasteiger partial charge in [-0.25, -0.2) is 13.4 Å². The first kappa shape index (κ1) is 21.6. The van der Waals surface area contributed by atoms with Crippen LogP contribution in [0.15, 0.2) is 28.3 Å². The second kappa shape index (κ2) is 9.59. The average Bonchev–Trinajstić information content (AvgIpc) is 2.72. The van der Waals surface area contributed by atoms with Crippen LogP contribution in [-0.4, -0.2) is 59.9 Å². The quantitative estimate of drug-likeness (QED) is 0.626. The molecule has 2 unspecified atom stereocenters. The summed E-state index contributed by atoms with van der Waals surface area (Å²) in [5, 5.41) is 0.684. The summed E-state index contributed by atoms with van der Waals surface area (Å²) >= 11 is 1.39. The molecule has 1 aromatic heterocycles. The van der Waals surface area contributed by atoms with E-state index in [9.17, 15) is 13.2 Å². The first-order chi connectivity index (χ1) is 13.5. The Bertz CT molecular complexity index is 761. The number of piperidine rings is 1. The topological polar surface area (TPSA) is 70.6 Å². The maximum Gasteiger partial charge on any atom is 0.244 e. The SMILES string of the molecule is CCN(CC)S(=O)(=O)c1ccc(SCC(=O)N2CCCC3CCCCC32)nc1. The van der Waals surface area contributed by atoms with Gasteiger partial charge in [0.25, 0.3) is 0 Å². The highest BCUT2D eigenvalue weighted by Gasteiger charge is 2.35. The summed E-state index contributed by atoms with van der Waals surface area (Å²) in [7, 11) is -3.49. The first-order valence-corrected chi connectivity index (χ1v) is 12.8. The third kappa shape index (κ3) is 4.71. The van der Waals surface area contributed by atoms with Crippen LogP contribution in [0, 0.1) is 5.92 Å². The number of hydrogen-bond donors (Lipinski definition) is 0. The number of hydrogen-bond acceptors (Lipinski definition) is 5. The van der Waals surface area contributed by atoms with Crippen molar-refractivity contribution >= 4 is 27.7 Å². The van der Waals surface area contributed by atoms with Gasteiger partial charge in [0.1, 0.15) is 4.90 Å². The number of nitrogens with zero attached hydrogens (tertiary/aromatic N) is 3. The van der Waals surface area contributed by atoms with Gasteiger partial charge in [0.05, 0.1) is 10.8 Å². The summed E-state index contributed by atoms with van der Waals surface area (Å²) in [5.74, 6) is 1.22. The van der Waals surface area contributed by atoms with Gasteiger partial charge >= 0.3 is 0 Å². The van der Waals surface area contributed by atoms with Crippen LogP contribution in [0.1, 0.15) is 52.4 Å². The molecule has 6 nitrogen and oxygen atoms in total. The fourth-order valence-corrected chi connectivity index (χ4v) is 6.60. The molecule has 1 amide bonds. The van der Waals surface area contributed by atoms with Crippen molar-refractivity contribution in [3.63, 3.8) is 0 Å². The normalized spacial score (nSPS) is 22.9. The van der Waals surface area contributed by atoms with Gasteiger partial charge in [-0.15, -0.1) is 0 Å². The van der Waals surface area contributed by atoms with Crippen LogP contribution in [0.5, 0.6) is 0 Å². The van der Waals surface area contributed by atoms with Crippen molar-refractivity contribution in [2.45, 2.75) is 68.3 Å². The molecule has 8 heteroatoms. The third-order valence-corrected chi connectivity index (χ3v) is 8.92. The van der Waals surface area contributed by atoms with E-state index in [4.69, 9.17) is 0 Å². The molecule has 1 aliphatic carbocycles. The summed E-state index contributed by atoms with van der Waals surface area (Å²) in [5.41, 5.74) is 0. The second-order valence-corrected chi connectivity index (χ2v) is 10.5. The molecule has 0 aromatic carbocycles. The van der Waals surface area contributed by atoms with Crippen LogP contribution in [0.2, 0.25) is 0 Å². The van der Waals surface area contributed by atoms with Crippen molar-refractivity contribution in [2.24, 2.45) is 5.92 Å². The molecule has 0 radical (unpaired) electrons. The minimum Gasteiger partial charge on any atom is -0.339 e. The highest BCUT2D eigenvalue weighted by molar-refractivity contribution is 7.99. The number of fused-ring (bicyclic) bond motifs is 1. The minimum absolute atomic E-state index is 0.184. The predicted octanol–water partition coefficient (Wildman–Crippen LogP) is 3.39. The number of rotatable bonds is 7. The Balaban J connectivity index is 1.59. The van der Waals surface area contributed by atoms with E-state index in [1.54, 1.807) is 12.1 Å². The molecule has 0 spiro atoms. The van der Waals surface area contributed by atoms with E-state index in [0.717, 1.165) is 19.4 Å². The van der Waals surface area contributed by atoms with Crippen molar-refractivity contribution in [2.75, 3.05) is 25.4 Å². The first-order valence-electron chi connectivity index (χ1n) is 10.4. The average molecular weight is 426 g/mol. The van der Waals surface area contributed by atoms with Gasteiger partial charge < -0.3 is 4.90 Å². The van der Waals surface area contributed by atoms with Crippen molar-refractivity contribution in [3.8, 4) is 0 Å². The number of pyridine rings is 1.